The SMILES string of the molecule is CC(C)[C@@H](c1ccc(Cl)cc1Cl)N(Cc1cccnc1)C(=O)c1cccc(F)c1. The first-order chi connectivity index (χ1) is 13.9. The molecule has 0 spiro atoms. The van der Waals surface area contributed by atoms with Crippen molar-refractivity contribution in [2.45, 2.75) is 26.4 Å². The Kier molecular flexibility index (Phi) is 6.88. The highest BCUT2D eigenvalue weighted by Gasteiger charge is 2.30. The summed E-state index contributed by atoms with van der Waals surface area (Å²) in [4.78, 5) is 19.3. The number of carbonyl (C=O) groups excluding carboxylic acids is 1. The molecule has 3 nitrogen and oxygen atoms in total. The number of hydrogen-bond donors (Lipinski definition) is 0. The van der Waals surface area contributed by atoms with Crippen LogP contribution in [0.3, 0.4) is 0 Å². The van der Waals surface area contributed by atoms with Gasteiger partial charge in [0.05, 0.1) is 6.04 Å². The van der Waals surface area contributed by atoms with Gasteiger partial charge in [0.15, 0.2) is 0 Å². The smallest absolute Gasteiger partial charge is 0.254 e. The molecule has 0 N–H and O–H groups in total. The van der Waals surface area contributed by atoms with Crippen molar-refractivity contribution < 1.29 is 9.18 Å². The van der Waals surface area contributed by atoms with Crippen molar-refractivity contribution >= 4 is 29.1 Å². The van der Waals surface area contributed by atoms with E-state index in [1.165, 1.54) is 18.2 Å². The summed E-state index contributed by atoms with van der Waals surface area (Å²) in [5.74, 6) is -0.691. The van der Waals surface area contributed by atoms with E-state index in [0.29, 0.717) is 16.6 Å². The Balaban J connectivity index is 2.09. The van der Waals surface area contributed by atoms with Crippen LogP contribution in [0.4, 0.5) is 4.39 Å². The highest BCUT2D eigenvalue weighted by atomic mass is 35.5. The molecule has 0 aliphatic carbocycles. The van der Waals surface area contributed by atoms with E-state index >= 15 is 0 Å². The van der Waals surface area contributed by atoms with Gasteiger partial charge in [-0.25, -0.2) is 4.39 Å². The van der Waals surface area contributed by atoms with Crippen LogP contribution in [0.1, 0.15) is 41.4 Å². The number of aromatic nitrogens is 1. The Bertz CT molecular complexity index is 995. The summed E-state index contributed by atoms with van der Waals surface area (Å²) in [5.41, 5.74) is 1.94. The van der Waals surface area contributed by atoms with Crippen molar-refractivity contribution in [1.29, 1.82) is 0 Å². The van der Waals surface area contributed by atoms with Crippen LogP contribution in [0.2, 0.25) is 10.0 Å². The minimum Gasteiger partial charge on any atom is -0.327 e. The van der Waals surface area contributed by atoms with Gasteiger partial charge in [-0.1, -0.05) is 55.2 Å². The molecule has 6 heteroatoms. The largest absolute Gasteiger partial charge is 0.327 e. The standard InChI is InChI=1S/C23H21Cl2FN2O/c1-15(2)22(20-9-8-18(24)12-21(20)25)28(14-16-5-4-10-27-13-16)23(29)17-6-3-7-19(26)11-17/h3-13,15,22H,14H2,1-2H3/t22-/m0/s1. The third-order valence-electron chi connectivity index (χ3n) is 4.66. The lowest BCUT2D eigenvalue weighted by molar-refractivity contribution is 0.0601. The fraction of sp³-hybridized carbons (Fsp3) is 0.217. The molecular formula is C23H21Cl2FN2O. The van der Waals surface area contributed by atoms with E-state index in [-0.39, 0.29) is 23.4 Å². The highest BCUT2D eigenvalue weighted by molar-refractivity contribution is 6.35. The molecule has 1 aromatic heterocycles. The number of nitrogens with zero attached hydrogens (tertiary/aromatic N) is 2. The first-order valence-corrected chi connectivity index (χ1v) is 10.0. The van der Waals surface area contributed by atoms with Gasteiger partial charge in [-0.2, -0.15) is 0 Å². The van der Waals surface area contributed by atoms with E-state index in [2.05, 4.69) is 4.98 Å². The van der Waals surface area contributed by atoms with Gasteiger partial charge in [-0.05, 0) is 53.4 Å². The summed E-state index contributed by atoms with van der Waals surface area (Å²) in [6, 6.07) is 14.4. The summed E-state index contributed by atoms with van der Waals surface area (Å²) in [5, 5.41) is 1.01. The van der Waals surface area contributed by atoms with E-state index in [9.17, 15) is 9.18 Å². The molecule has 0 fully saturated rings. The average Bonchev–Trinajstić information content (AvgIpc) is 2.69. The van der Waals surface area contributed by atoms with E-state index in [4.69, 9.17) is 23.2 Å². The first kappa shape index (κ1) is 21.3. The van der Waals surface area contributed by atoms with Gasteiger partial charge in [-0.15, -0.1) is 0 Å². The highest BCUT2D eigenvalue weighted by Crippen LogP contribution is 2.36. The van der Waals surface area contributed by atoms with Crippen molar-refractivity contribution in [3.8, 4) is 0 Å². The molecule has 0 aliphatic rings. The molecule has 0 radical (unpaired) electrons. The third-order valence-corrected chi connectivity index (χ3v) is 5.22. The molecule has 0 aliphatic heterocycles. The van der Waals surface area contributed by atoms with Gasteiger partial charge in [-0.3, -0.25) is 9.78 Å². The van der Waals surface area contributed by atoms with Gasteiger partial charge in [0.25, 0.3) is 5.91 Å². The van der Waals surface area contributed by atoms with Gasteiger partial charge < -0.3 is 4.90 Å². The van der Waals surface area contributed by atoms with Crippen molar-refractivity contribution in [3.05, 3.63) is 99.5 Å². The second kappa shape index (κ2) is 9.38. The number of rotatable bonds is 6. The molecule has 0 saturated heterocycles. The second-order valence-corrected chi connectivity index (χ2v) is 8.00. The molecule has 1 amide bonds. The van der Waals surface area contributed by atoms with Crippen LogP contribution in [-0.2, 0) is 6.54 Å². The van der Waals surface area contributed by atoms with Crippen molar-refractivity contribution in [2.75, 3.05) is 0 Å². The molecule has 2 aromatic carbocycles. The van der Waals surface area contributed by atoms with Crippen molar-refractivity contribution in [2.24, 2.45) is 5.92 Å². The van der Waals surface area contributed by atoms with Gasteiger partial charge in [0, 0.05) is 34.5 Å². The van der Waals surface area contributed by atoms with Crippen LogP contribution in [0.5, 0.6) is 0 Å². The molecule has 1 heterocycles. The zero-order valence-electron chi connectivity index (χ0n) is 16.1. The first-order valence-electron chi connectivity index (χ1n) is 9.27. The molecule has 3 rings (SSSR count). The minimum absolute atomic E-state index is 0.0443. The number of halogens is 3. The molecule has 29 heavy (non-hydrogen) atoms. The molecule has 0 saturated carbocycles. The Morgan fingerprint density at radius 3 is 2.52 bits per heavy atom. The summed E-state index contributed by atoms with van der Waals surface area (Å²) in [6.07, 6.45) is 3.39. The Hall–Kier alpha value is -2.43. The quantitative estimate of drug-likeness (QED) is 0.443. The fourth-order valence-corrected chi connectivity index (χ4v) is 3.92. The maximum atomic E-state index is 13.8. The van der Waals surface area contributed by atoms with E-state index in [0.717, 1.165) is 11.1 Å². The van der Waals surface area contributed by atoms with Crippen molar-refractivity contribution in [1.82, 2.24) is 9.88 Å². The van der Waals surface area contributed by atoms with Crippen LogP contribution in [0, 0.1) is 11.7 Å². The Morgan fingerprint density at radius 2 is 1.90 bits per heavy atom. The monoisotopic (exact) mass is 430 g/mol. The lowest BCUT2D eigenvalue weighted by atomic mass is 9.93. The average molecular weight is 431 g/mol. The number of pyridine rings is 1. The maximum absolute atomic E-state index is 13.8. The summed E-state index contributed by atoms with van der Waals surface area (Å²) in [7, 11) is 0. The Morgan fingerprint density at radius 1 is 1.10 bits per heavy atom. The van der Waals surface area contributed by atoms with Crippen LogP contribution in [0.25, 0.3) is 0 Å². The molecule has 150 valence electrons. The van der Waals surface area contributed by atoms with E-state index < -0.39 is 5.82 Å². The lowest BCUT2D eigenvalue weighted by Gasteiger charge is -2.35. The van der Waals surface area contributed by atoms with Crippen LogP contribution >= 0.6 is 23.2 Å². The maximum Gasteiger partial charge on any atom is 0.254 e. The number of amides is 1. The molecule has 1 atom stereocenters. The molecule has 3 aromatic rings. The summed E-state index contributed by atoms with van der Waals surface area (Å²) < 4.78 is 13.8. The van der Waals surface area contributed by atoms with Crippen LogP contribution in [0.15, 0.2) is 67.0 Å². The van der Waals surface area contributed by atoms with Gasteiger partial charge in [0.2, 0.25) is 0 Å². The minimum atomic E-state index is -0.456. The van der Waals surface area contributed by atoms with Crippen LogP contribution in [-0.4, -0.2) is 15.8 Å². The van der Waals surface area contributed by atoms with E-state index in [1.807, 2.05) is 32.0 Å². The van der Waals surface area contributed by atoms with Gasteiger partial charge in [0.1, 0.15) is 5.82 Å². The van der Waals surface area contributed by atoms with Crippen LogP contribution < -0.4 is 0 Å². The number of carbonyl (C=O) groups is 1. The molecule has 0 unspecified atom stereocenters. The normalized spacial score (nSPS) is 12.1. The topological polar surface area (TPSA) is 33.2 Å². The zero-order chi connectivity index (χ0) is 21.0. The fourth-order valence-electron chi connectivity index (χ4n) is 3.40. The zero-order valence-corrected chi connectivity index (χ0v) is 17.7. The Labute approximate surface area is 180 Å². The lowest BCUT2D eigenvalue weighted by Crippen LogP contribution is -2.37. The predicted octanol–water partition coefficient (Wildman–Crippen LogP) is 6.57. The summed E-state index contributed by atoms with van der Waals surface area (Å²) in [6.45, 7) is 4.35. The van der Waals surface area contributed by atoms with Gasteiger partial charge >= 0.3 is 0 Å². The van der Waals surface area contributed by atoms with Crippen molar-refractivity contribution in [3.63, 3.8) is 0 Å². The number of hydrogen-bond acceptors (Lipinski definition) is 2. The third kappa shape index (κ3) is 5.14. The second-order valence-electron chi connectivity index (χ2n) is 7.16. The summed E-state index contributed by atoms with van der Waals surface area (Å²) >= 11 is 12.6. The molecular weight excluding hydrogens is 410 g/mol. The predicted molar refractivity (Wildman–Crippen MR) is 115 cm³/mol. The molecule has 0 bridgehead atoms. The van der Waals surface area contributed by atoms with E-state index in [1.54, 1.807) is 35.5 Å². The number of benzene rings is 2.